The number of rotatable bonds is 4. The third-order valence-corrected chi connectivity index (χ3v) is 3.93. The Balaban J connectivity index is 1.68. The number of carbonyl (C=O) groups excluding carboxylic acids is 1. The van der Waals surface area contributed by atoms with E-state index in [1.54, 1.807) is 13.1 Å². The summed E-state index contributed by atoms with van der Waals surface area (Å²) >= 11 is 0. The van der Waals surface area contributed by atoms with Crippen LogP contribution < -0.4 is 10.6 Å². The minimum Gasteiger partial charge on any atom is -0.369 e. The first-order valence-electron chi connectivity index (χ1n) is 7.64. The maximum atomic E-state index is 11.6. The topological polar surface area (TPSA) is 101 Å². The van der Waals surface area contributed by atoms with Crippen molar-refractivity contribution in [3.8, 4) is 0 Å². The lowest BCUT2D eigenvalue weighted by molar-refractivity contribution is 0.100. The predicted octanol–water partition coefficient (Wildman–Crippen LogP) is 0.584. The summed E-state index contributed by atoms with van der Waals surface area (Å²) in [5.41, 5.74) is 6.77. The summed E-state index contributed by atoms with van der Waals surface area (Å²) < 4.78 is 5.01. The molecule has 1 aliphatic heterocycles. The van der Waals surface area contributed by atoms with Gasteiger partial charge in [-0.25, -0.2) is 0 Å². The van der Waals surface area contributed by atoms with Crippen LogP contribution >= 0.6 is 0 Å². The summed E-state index contributed by atoms with van der Waals surface area (Å²) in [7, 11) is 0. The highest BCUT2D eigenvalue weighted by molar-refractivity contribution is 5.98. The standard InChI is InChI=1S/C15H20N6O2/c1-11-18-14(19-23-11)10-20-5-2-6-21(8-7-20)13-3-4-17-9-12(13)15(16)22/h3-4,9H,2,5-8,10H2,1H3,(H2,16,22). The second kappa shape index (κ2) is 6.74. The SMILES string of the molecule is Cc1nc(CN2CCCN(c3ccncc3C(N)=O)CC2)no1. The molecule has 1 saturated heterocycles. The third kappa shape index (κ3) is 3.65. The van der Waals surface area contributed by atoms with Crippen LogP contribution in [0.5, 0.6) is 0 Å². The van der Waals surface area contributed by atoms with Gasteiger partial charge < -0.3 is 15.2 Å². The molecule has 2 aromatic rings. The third-order valence-electron chi connectivity index (χ3n) is 3.93. The van der Waals surface area contributed by atoms with Crippen LogP contribution in [-0.4, -0.2) is 52.1 Å². The lowest BCUT2D eigenvalue weighted by Gasteiger charge is -2.24. The smallest absolute Gasteiger partial charge is 0.252 e. The zero-order valence-electron chi connectivity index (χ0n) is 13.1. The van der Waals surface area contributed by atoms with Crippen LogP contribution in [0.4, 0.5) is 5.69 Å². The molecule has 2 N–H and O–H groups in total. The monoisotopic (exact) mass is 316 g/mol. The van der Waals surface area contributed by atoms with Crippen LogP contribution in [0.2, 0.25) is 0 Å². The predicted molar refractivity (Wildman–Crippen MR) is 83.9 cm³/mol. The van der Waals surface area contributed by atoms with E-state index in [9.17, 15) is 4.79 Å². The van der Waals surface area contributed by atoms with Crippen LogP contribution in [-0.2, 0) is 6.54 Å². The summed E-state index contributed by atoms with van der Waals surface area (Å²) in [4.78, 5) is 24.3. The number of carbonyl (C=O) groups is 1. The molecule has 0 bridgehead atoms. The molecule has 3 rings (SSSR count). The number of primary amides is 1. The molecule has 0 atom stereocenters. The Bertz CT molecular complexity index is 686. The average molecular weight is 316 g/mol. The molecule has 0 saturated carbocycles. The number of aryl methyl sites for hydroxylation is 1. The number of anilines is 1. The van der Waals surface area contributed by atoms with Crippen molar-refractivity contribution < 1.29 is 9.32 Å². The van der Waals surface area contributed by atoms with Gasteiger partial charge in [-0.05, 0) is 12.5 Å². The summed E-state index contributed by atoms with van der Waals surface area (Å²) in [5.74, 6) is 0.841. The van der Waals surface area contributed by atoms with E-state index < -0.39 is 5.91 Å². The van der Waals surface area contributed by atoms with Crippen molar-refractivity contribution >= 4 is 11.6 Å². The van der Waals surface area contributed by atoms with E-state index in [2.05, 4.69) is 24.9 Å². The molecule has 1 fully saturated rings. The van der Waals surface area contributed by atoms with Crippen LogP contribution in [0.15, 0.2) is 23.0 Å². The quantitative estimate of drug-likeness (QED) is 0.880. The van der Waals surface area contributed by atoms with Gasteiger partial charge in [-0.1, -0.05) is 5.16 Å². The number of nitrogens with zero attached hydrogens (tertiary/aromatic N) is 5. The van der Waals surface area contributed by atoms with E-state index in [0.717, 1.165) is 38.3 Å². The molecular formula is C15H20N6O2. The molecule has 0 radical (unpaired) electrons. The Hall–Kier alpha value is -2.48. The molecule has 2 aromatic heterocycles. The van der Waals surface area contributed by atoms with Gasteiger partial charge in [-0.15, -0.1) is 0 Å². The number of pyridine rings is 1. The first kappa shape index (κ1) is 15.4. The molecule has 0 aromatic carbocycles. The van der Waals surface area contributed by atoms with Crippen molar-refractivity contribution in [1.82, 2.24) is 20.0 Å². The van der Waals surface area contributed by atoms with Crippen molar-refractivity contribution in [3.05, 3.63) is 35.7 Å². The maximum absolute atomic E-state index is 11.6. The fourth-order valence-corrected chi connectivity index (χ4v) is 2.83. The van der Waals surface area contributed by atoms with Crippen molar-refractivity contribution in [2.24, 2.45) is 5.73 Å². The van der Waals surface area contributed by atoms with Crippen LogP contribution in [0.3, 0.4) is 0 Å². The van der Waals surface area contributed by atoms with Crippen molar-refractivity contribution in [2.75, 3.05) is 31.1 Å². The Kier molecular flexibility index (Phi) is 4.52. The summed E-state index contributed by atoms with van der Waals surface area (Å²) in [6, 6.07) is 1.85. The van der Waals surface area contributed by atoms with Gasteiger partial charge in [0.25, 0.3) is 5.91 Å². The van der Waals surface area contributed by atoms with Gasteiger partial charge in [0.1, 0.15) is 0 Å². The first-order valence-corrected chi connectivity index (χ1v) is 7.64. The molecular weight excluding hydrogens is 296 g/mol. The number of nitrogens with two attached hydrogens (primary N) is 1. The van der Waals surface area contributed by atoms with Gasteiger partial charge in [0.05, 0.1) is 17.8 Å². The summed E-state index contributed by atoms with van der Waals surface area (Å²) in [5, 5.41) is 3.94. The average Bonchev–Trinajstić information content (AvgIpc) is 2.81. The Labute approximate surface area is 134 Å². The lowest BCUT2D eigenvalue weighted by Crippen LogP contribution is -2.32. The van der Waals surface area contributed by atoms with Gasteiger partial charge in [-0.2, -0.15) is 4.98 Å². The molecule has 0 unspecified atom stereocenters. The molecule has 3 heterocycles. The second-order valence-corrected chi connectivity index (χ2v) is 5.60. The fraction of sp³-hybridized carbons (Fsp3) is 0.467. The Morgan fingerprint density at radius 2 is 2.22 bits per heavy atom. The first-order chi connectivity index (χ1) is 11.1. The number of amides is 1. The van der Waals surface area contributed by atoms with Crippen molar-refractivity contribution in [3.63, 3.8) is 0 Å². The molecule has 8 heteroatoms. The lowest BCUT2D eigenvalue weighted by atomic mass is 10.2. The van der Waals surface area contributed by atoms with Crippen molar-refractivity contribution in [2.45, 2.75) is 19.9 Å². The minimum atomic E-state index is -0.448. The van der Waals surface area contributed by atoms with E-state index in [1.807, 2.05) is 6.07 Å². The van der Waals surface area contributed by atoms with Crippen molar-refractivity contribution in [1.29, 1.82) is 0 Å². The largest absolute Gasteiger partial charge is 0.369 e. The summed E-state index contributed by atoms with van der Waals surface area (Å²) in [6.07, 6.45) is 4.20. The van der Waals surface area contributed by atoms with E-state index >= 15 is 0 Å². The molecule has 1 amide bonds. The Morgan fingerprint density at radius 3 is 2.96 bits per heavy atom. The molecule has 0 aliphatic carbocycles. The van der Waals surface area contributed by atoms with E-state index in [0.29, 0.717) is 23.8 Å². The second-order valence-electron chi connectivity index (χ2n) is 5.60. The minimum absolute atomic E-state index is 0.448. The number of hydrogen-bond acceptors (Lipinski definition) is 7. The fourth-order valence-electron chi connectivity index (χ4n) is 2.83. The molecule has 122 valence electrons. The zero-order valence-corrected chi connectivity index (χ0v) is 13.1. The van der Waals surface area contributed by atoms with Gasteiger partial charge in [0.2, 0.25) is 5.89 Å². The molecule has 1 aliphatic rings. The van der Waals surface area contributed by atoms with Crippen LogP contribution in [0, 0.1) is 6.92 Å². The van der Waals surface area contributed by atoms with Crippen LogP contribution in [0.25, 0.3) is 0 Å². The van der Waals surface area contributed by atoms with Gasteiger partial charge >= 0.3 is 0 Å². The van der Waals surface area contributed by atoms with E-state index in [1.165, 1.54) is 6.20 Å². The number of hydrogen-bond donors (Lipinski definition) is 1. The molecule has 8 nitrogen and oxygen atoms in total. The maximum Gasteiger partial charge on any atom is 0.252 e. The van der Waals surface area contributed by atoms with Crippen LogP contribution in [0.1, 0.15) is 28.5 Å². The van der Waals surface area contributed by atoms with E-state index in [4.69, 9.17) is 10.3 Å². The Morgan fingerprint density at radius 1 is 1.35 bits per heavy atom. The highest BCUT2D eigenvalue weighted by Gasteiger charge is 2.20. The normalized spacial score (nSPS) is 16.3. The summed E-state index contributed by atoms with van der Waals surface area (Å²) in [6.45, 7) is 5.93. The molecule has 23 heavy (non-hydrogen) atoms. The molecule has 0 spiro atoms. The van der Waals surface area contributed by atoms with Gasteiger partial charge in [-0.3, -0.25) is 14.7 Å². The highest BCUT2D eigenvalue weighted by Crippen LogP contribution is 2.21. The number of aromatic nitrogens is 3. The van der Waals surface area contributed by atoms with Gasteiger partial charge in [0, 0.05) is 45.5 Å². The van der Waals surface area contributed by atoms with Gasteiger partial charge in [0.15, 0.2) is 5.82 Å². The zero-order chi connectivity index (χ0) is 16.2. The van der Waals surface area contributed by atoms with E-state index in [-0.39, 0.29) is 0 Å². The highest BCUT2D eigenvalue weighted by atomic mass is 16.5.